The number of carbonyl (C=O) groups excluding carboxylic acids is 3. The van der Waals surface area contributed by atoms with Crippen LogP contribution in [-0.2, 0) is 19.1 Å². The molecule has 3 aliphatic heterocycles. The van der Waals surface area contributed by atoms with E-state index >= 15 is 0 Å². The predicted octanol–water partition coefficient (Wildman–Crippen LogP) is 4.09. The zero-order valence-corrected chi connectivity index (χ0v) is 22.9. The summed E-state index contributed by atoms with van der Waals surface area (Å²) < 4.78 is 4.75. The van der Waals surface area contributed by atoms with Gasteiger partial charge in [0.25, 0.3) is 5.91 Å². The second-order valence-electron chi connectivity index (χ2n) is 10.2. The van der Waals surface area contributed by atoms with Crippen LogP contribution in [0.3, 0.4) is 0 Å². The summed E-state index contributed by atoms with van der Waals surface area (Å²) in [6.07, 6.45) is 5.18. The molecule has 1 N–H and O–H groups in total. The zero-order valence-electron chi connectivity index (χ0n) is 21.3. The van der Waals surface area contributed by atoms with E-state index in [1.54, 1.807) is 58.0 Å². The number of aliphatic hydroxyl groups is 1. The quantitative estimate of drug-likeness (QED) is 0.256. The van der Waals surface area contributed by atoms with Gasteiger partial charge in [-0.3, -0.25) is 14.4 Å². The Kier molecular flexibility index (Phi) is 8.41. The van der Waals surface area contributed by atoms with Gasteiger partial charge in [0, 0.05) is 11.8 Å². The molecule has 2 bridgehead atoms. The fourth-order valence-corrected chi connectivity index (χ4v) is 8.63. The molecule has 0 saturated carbocycles. The Hall–Kier alpha value is -2.29. The van der Waals surface area contributed by atoms with E-state index in [4.69, 9.17) is 16.3 Å². The molecule has 3 fully saturated rings. The summed E-state index contributed by atoms with van der Waals surface area (Å²) >= 11 is 8.07. The van der Waals surface area contributed by atoms with Gasteiger partial charge in [-0.1, -0.05) is 49.7 Å². The van der Waals surface area contributed by atoms with Gasteiger partial charge >= 0.3 is 5.97 Å². The van der Waals surface area contributed by atoms with Crippen molar-refractivity contribution in [2.75, 3.05) is 24.7 Å². The second-order valence-corrected chi connectivity index (χ2v) is 12.2. The lowest BCUT2D eigenvalue weighted by molar-refractivity contribution is -0.154. The zero-order chi connectivity index (χ0) is 26.9. The number of hydrogen-bond donors (Lipinski definition) is 1. The molecular formula is C28H35ClN2O5S. The van der Waals surface area contributed by atoms with Crippen LogP contribution < -0.4 is 4.90 Å². The third kappa shape index (κ3) is 4.61. The Bertz CT molecular complexity index is 1080. The SMILES string of the molecule is C=CCCOC(=O)[C@@H]1[C@H]2C(=O)N([C@@H](CO)C(C)C)C(C(=O)N(CC=C)c3ccccc3Cl)C23CC[C@H]1S3. The van der Waals surface area contributed by atoms with Crippen LogP contribution in [0.1, 0.15) is 33.1 Å². The molecule has 7 nitrogen and oxygen atoms in total. The number of hydrogen-bond acceptors (Lipinski definition) is 6. The van der Waals surface area contributed by atoms with Crippen LogP contribution in [0.2, 0.25) is 5.02 Å². The number of rotatable bonds is 11. The summed E-state index contributed by atoms with van der Waals surface area (Å²) in [5.74, 6) is -2.36. The van der Waals surface area contributed by atoms with Crippen molar-refractivity contribution in [3.8, 4) is 0 Å². The first kappa shape index (κ1) is 27.7. The Morgan fingerprint density at radius 1 is 1.32 bits per heavy atom. The van der Waals surface area contributed by atoms with E-state index in [2.05, 4.69) is 13.2 Å². The minimum atomic E-state index is -0.859. The third-order valence-electron chi connectivity index (χ3n) is 7.85. The molecule has 0 aromatic heterocycles. The van der Waals surface area contributed by atoms with E-state index < -0.39 is 34.6 Å². The van der Waals surface area contributed by atoms with Crippen LogP contribution in [-0.4, -0.2) is 69.6 Å². The van der Waals surface area contributed by atoms with E-state index in [-0.39, 0.29) is 42.7 Å². The van der Waals surface area contributed by atoms with Crippen LogP contribution in [0.25, 0.3) is 0 Å². The molecule has 37 heavy (non-hydrogen) atoms. The topological polar surface area (TPSA) is 87.1 Å². The number of amides is 2. The summed E-state index contributed by atoms with van der Waals surface area (Å²) in [4.78, 5) is 45.1. The largest absolute Gasteiger partial charge is 0.465 e. The molecule has 1 aromatic rings. The summed E-state index contributed by atoms with van der Waals surface area (Å²) in [7, 11) is 0. The molecule has 6 atom stereocenters. The molecule has 2 amide bonds. The molecule has 3 aliphatic rings. The molecule has 2 unspecified atom stereocenters. The standard InChI is InChI=1S/C28H35ClN2O5S/c1-5-7-15-36-27(35)22-21-12-13-28(37-21)23(22)25(33)31(20(16-32)17(3)4)24(28)26(34)30(14-6-2)19-11-9-8-10-18(19)29/h5-6,8-11,17,20-24,32H,1-2,7,12-16H2,3-4H3/t20-,21+,22-,23-,24?,28?/m0/s1. The Balaban J connectivity index is 1.80. The molecule has 0 radical (unpaired) electrons. The number of esters is 1. The maximum Gasteiger partial charge on any atom is 0.310 e. The second kappa shape index (κ2) is 11.2. The average molecular weight is 547 g/mol. The monoisotopic (exact) mass is 546 g/mol. The van der Waals surface area contributed by atoms with E-state index in [1.807, 2.05) is 13.8 Å². The van der Waals surface area contributed by atoms with E-state index in [1.165, 1.54) is 0 Å². The van der Waals surface area contributed by atoms with Crippen molar-refractivity contribution in [2.24, 2.45) is 17.8 Å². The average Bonchev–Trinajstić information content (AvgIpc) is 3.51. The first-order valence-electron chi connectivity index (χ1n) is 12.8. The lowest BCUT2D eigenvalue weighted by atomic mass is 9.71. The summed E-state index contributed by atoms with van der Waals surface area (Å²) in [5, 5.41) is 10.7. The maximum absolute atomic E-state index is 14.5. The van der Waals surface area contributed by atoms with Crippen molar-refractivity contribution in [2.45, 2.75) is 55.2 Å². The molecule has 1 aromatic carbocycles. The molecule has 0 aliphatic carbocycles. The van der Waals surface area contributed by atoms with Crippen molar-refractivity contribution in [1.82, 2.24) is 4.90 Å². The Morgan fingerprint density at radius 2 is 2.05 bits per heavy atom. The highest BCUT2D eigenvalue weighted by Gasteiger charge is 2.75. The van der Waals surface area contributed by atoms with Crippen LogP contribution in [0.15, 0.2) is 49.6 Å². The van der Waals surface area contributed by atoms with Gasteiger partial charge < -0.3 is 19.6 Å². The minimum absolute atomic E-state index is 0.0950. The van der Waals surface area contributed by atoms with Gasteiger partial charge in [-0.25, -0.2) is 0 Å². The molecule has 3 saturated heterocycles. The molecule has 1 spiro atoms. The molecule has 3 heterocycles. The highest BCUT2D eigenvalue weighted by molar-refractivity contribution is 8.02. The fourth-order valence-electron chi connectivity index (χ4n) is 6.21. The van der Waals surface area contributed by atoms with Crippen LogP contribution in [0.4, 0.5) is 5.69 Å². The van der Waals surface area contributed by atoms with Gasteiger partial charge in [0.2, 0.25) is 5.91 Å². The van der Waals surface area contributed by atoms with Gasteiger partial charge in [0.15, 0.2) is 0 Å². The van der Waals surface area contributed by atoms with Crippen molar-refractivity contribution >= 4 is 46.8 Å². The summed E-state index contributed by atoms with van der Waals surface area (Å²) in [6, 6.07) is 5.65. The van der Waals surface area contributed by atoms with Crippen molar-refractivity contribution in [3.05, 3.63) is 54.6 Å². The first-order chi connectivity index (χ1) is 17.7. The van der Waals surface area contributed by atoms with Crippen LogP contribution in [0.5, 0.6) is 0 Å². The van der Waals surface area contributed by atoms with Crippen molar-refractivity contribution < 1.29 is 24.2 Å². The van der Waals surface area contributed by atoms with Gasteiger partial charge in [0.05, 0.1) is 46.5 Å². The van der Waals surface area contributed by atoms with Gasteiger partial charge in [0.1, 0.15) is 6.04 Å². The smallest absolute Gasteiger partial charge is 0.310 e. The first-order valence-corrected chi connectivity index (χ1v) is 14.0. The normalized spacial score (nSPS) is 28.8. The highest BCUT2D eigenvalue weighted by Crippen LogP contribution is 2.67. The number of likely N-dealkylation sites (tertiary alicyclic amines) is 1. The molecule has 200 valence electrons. The number of fused-ring (bicyclic) bond motifs is 1. The third-order valence-corrected chi connectivity index (χ3v) is 10.1. The number of carbonyl (C=O) groups is 3. The summed E-state index contributed by atoms with van der Waals surface area (Å²) in [6.45, 7) is 11.5. The number of benzene rings is 1. The lowest BCUT2D eigenvalue weighted by Gasteiger charge is -2.40. The minimum Gasteiger partial charge on any atom is -0.465 e. The maximum atomic E-state index is 14.5. The van der Waals surface area contributed by atoms with Crippen molar-refractivity contribution in [1.29, 1.82) is 0 Å². The number of para-hydroxylation sites is 1. The summed E-state index contributed by atoms with van der Waals surface area (Å²) in [5.41, 5.74) is 0.532. The molecular weight excluding hydrogens is 512 g/mol. The van der Waals surface area contributed by atoms with Crippen LogP contribution in [0, 0.1) is 17.8 Å². The Morgan fingerprint density at radius 3 is 2.68 bits per heavy atom. The fraction of sp³-hybridized carbons (Fsp3) is 0.536. The number of halogens is 1. The number of ether oxygens (including phenoxy) is 1. The number of thioether (sulfide) groups is 1. The number of nitrogens with zero attached hydrogens (tertiary/aromatic N) is 2. The van der Waals surface area contributed by atoms with E-state index in [0.717, 1.165) is 0 Å². The number of aliphatic hydroxyl groups excluding tert-OH is 1. The van der Waals surface area contributed by atoms with Crippen molar-refractivity contribution in [3.63, 3.8) is 0 Å². The highest BCUT2D eigenvalue weighted by atomic mass is 35.5. The predicted molar refractivity (Wildman–Crippen MR) is 146 cm³/mol. The van der Waals surface area contributed by atoms with E-state index in [0.29, 0.717) is 30.0 Å². The lowest BCUT2D eigenvalue weighted by Crippen LogP contribution is -2.58. The van der Waals surface area contributed by atoms with Gasteiger partial charge in [-0.2, -0.15) is 0 Å². The molecule has 9 heteroatoms. The van der Waals surface area contributed by atoms with Crippen LogP contribution >= 0.6 is 23.4 Å². The Labute approximate surface area is 227 Å². The molecule has 4 rings (SSSR count). The number of anilines is 1. The van der Waals surface area contributed by atoms with E-state index in [9.17, 15) is 19.5 Å². The van der Waals surface area contributed by atoms with Gasteiger partial charge in [-0.15, -0.1) is 24.9 Å². The van der Waals surface area contributed by atoms with Gasteiger partial charge in [-0.05, 0) is 37.3 Å².